The number of rotatable bonds is 6. The van der Waals surface area contributed by atoms with Crippen LogP contribution in [0.5, 0.6) is 5.75 Å². The van der Waals surface area contributed by atoms with Gasteiger partial charge < -0.3 is 9.64 Å². The highest BCUT2D eigenvalue weighted by Gasteiger charge is 2.23. The first kappa shape index (κ1) is 21.0. The highest BCUT2D eigenvalue weighted by atomic mass is 32.1. The molecule has 1 amide bonds. The lowest BCUT2D eigenvalue weighted by Gasteiger charge is -2.35. The predicted octanol–water partition coefficient (Wildman–Crippen LogP) is 2.00. The van der Waals surface area contributed by atoms with E-state index in [2.05, 4.69) is 14.9 Å². The molecule has 0 bridgehead atoms. The third-order valence-corrected chi connectivity index (χ3v) is 6.36. The number of hydrogen-bond donors (Lipinski definition) is 0. The van der Waals surface area contributed by atoms with Crippen LogP contribution in [0, 0.1) is 4.77 Å². The first-order valence-electron chi connectivity index (χ1n) is 10.7. The SMILES string of the molecule is COc1ccc(-n2cnn(CN3CCN(CC(=O)N4CCCCC4)CC3)c2=S)cc1. The summed E-state index contributed by atoms with van der Waals surface area (Å²) in [7, 11) is 1.65. The Hall–Kier alpha value is -2.23. The summed E-state index contributed by atoms with van der Waals surface area (Å²) >= 11 is 5.63. The number of methoxy groups -OCH3 is 1. The molecule has 0 N–H and O–H groups in total. The number of benzene rings is 1. The van der Waals surface area contributed by atoms with Gasteiger partial charge in [0.2, 0.25) is 10.7 Å². The summed E-state index contributed by atoms with van der Waals surface area (Å²) < 4.78 is 9.65. The number of piperazine rings is 1. The van der Waals surface area contributed by atoms with Crippen LogP contribution in [0.3, 0.4) is 0 Å². The van der Waals surface area contributed by atoms with Gasteiger partial charge in [0.05, 0.1) is 20.3 Å². The average molecular weight is 431 g/mol. The van der Waals surface area contributed by atoms with Crippen molar-refractivity contribution in [1.29, 1.82) is 0 Å². The van der Waals surface area contributed by atoms with Crippen molar-refractivity contribution in [1.82, 2.24) is 29.0 Å². The van der Waals surface area contributed by atoms with Crippen molar-refractivity contribution >= 4 is 18.1 Å². The molecule has 0 radical (unpaired) electrons. The van der Waals surface area contributed by atoms with Gasteiger partial charge in [-0.05, 0) is 55.7 Å². The van der Waals surface area contributed by atoms with E-state index >= 15 is 0 Å². The van der Waals surface area contributed by atoms with Crippen molar-refractivity contribution < 1.29 is 9.53 Å². The molecule has 162 valence electrons. The van der Waals surface area contributed by atoms with Gasteiger partial charge in [0, 0.05) is 45.0 Å². The van der Waals surface area contributed by atoms with E-state index < -0.39 is 0 Å². The minimum atomic E-state index is 0.281. The van der Waals surface area contributed by atoms with Crippen LogP contribution in [-0.2, 0) is 11.5 Å². The molecule has 2 aliphatic heterocycles. The van der Waals surface area contributed by atoms with E-state index in [9.17, 15) is 4.79 Å². The van der Waals surface area contributed by atoms with Crippen LogP contribution in [0.1, 0.15) is 19.3 Å². The number of hydrogen-bond acceptors (Lipinski definition) is 6. The molecule has 3 heterocycles. The second kappa shape index (κ2) is 9.72. The van der Waals surface area contributed by atoms with Gasteiger partial charge in [0.15, 0.2) is 0 Å². The molecule has 2 aliphatic rings. The van der Waals surface area contributed by atoms with Gasteiger partial charge >= 0.3 is 0 Å². The van der Waals surface area contributed by atoms with Crippen molar-refractivity contribution in [3.63, 3.8) is 0 Å². The second-order valence-electron chi connectivity index (χ2n) is 7.96. The minimum absolute atomic E-state index is 0.281. The fraction of sp³-hybridized carbons (Fsp3) is 0.571. The van der Waals surface area contributed by atoms with Gasteiger partial charge in [-0.25, -0.2) is 4.68 Å². The average Bonchev–Trinajstić information content (AvgIpc) is 3.15. The van der Waals surface area contributed by atoms with Crippen LogP contribution in [-0.4, -0.2) is 87.9 Å². The van der Waals surface area contributed by atoms with E-state index in [1.807, 2.05) is 38.4 Å². The molecule has 8 nitrogen and oxygen atoms in total. The molecule has 0 atom stereocenters. The number of amides is 1. The summed E-state index contributed by atoms with van der Waals surface area (Å²) in [4.78, 5) is 19.1. The van der Waals surface area contributed by atoms with Gasteiger partial charge in [-0.3, -0.25) is 19.2 Å². The maximum atomic E-state index is 12.5. The Labute approximate surface area is 182 Å². The number of piperidine rings is 1. The fourth-order valence-corrected chi connectivity index (χ4v) is 4.32. The number of ether oxygens (including phenoxy) is 1. The Balaban J connectivity index is 1.29. The van der Waals surface area contributed by atoms with Crippen molar-refractivity contribution in [3.8, 4) is 11.4 Å². The zero-order valence-electron chi connectivity index (χ0n) is 17.6. The molecule has 0 spiro atoms. The summed E-state index contributed by atoms with van der Waals surface area (Å²) in [6.07, 6.45) is 5.30. The third kappa shape index (κ3) is 4.91. The number of likely N-dealkylation sites (tertiary alicyclic amines) is 1. The van der Waals surface area contributed by atoms with Crippen LogP contribution < -0.4 is 4.74 Å². The van der Waals surface area contributed by atoms with Crippen molar-refractivity contribution in [2.45, 2.75) is 25.9 Å². The molecule has 0 saturated carbocycles. The summed E-state index contributed by atoms with van der Waals surface area (Å²) in [5, 5.41) is 4.49. The number of carbonyl (C=O) groups is 1. The summed E-state index contributed by atoms with van der Waals surface area (Å²) in [6.45, 7) is 6.66. The zero-order chi connectivity index (χ0) is 20.9. The standard InChI is InChI=1S/C21H30N6O2S/c1-29-19-7-5-18(6-8-19)26-16-22-27(21(26)30)17-24-13-11-23(12-14-24)15-20(28)25-9-3-2-4-10-25/h5-8,16H,2-4,9-15,17H2,1H3. The lowest BCUT2D eigenvalue weighted by molar-refractivity contribution is -0.133. The fourth-order valence-electron chi connectivity index (χ4n) is 4.07. The smallest absolute Gasteiger partial charge is 0.236 e. The Morgan fingerprint density at radius 1 is 1.00 bits per heavy atom. The molecule has 4 rings (SSSR count). The number of aromatic nitrogens is 3. The van der Waals surface area contributed by atoms with E-state index in [1.54, 1.807) is 13.4 Å². The van der Waals surface area contributed by atoms with E-state index in [4.69, 9.17) is 17.0 Å². The molecule has 2 saturated heterocycles. The highest BCUT2D eigenvalue weighted by molar-refractivity contribution is 7.71. The summed E-state index contributed by atoms with van der Waals surface area (Å²) in [6, 6.07) is 7.77. The van der Waals surface area contributed by atoms with Gasteiger partial charge in [-0.15, -0.1) is 0 Å². The normalized spacial score (nSPS) is 18.5. The second-order valence-corrected chi connectivity index (χ2v) is 8.32. The van der Waals surface area contributed by atoms with Gasteiger partial charge in [0.25, 0.3) is 0 Å². The molecule has 30 heavy (non-hydrogen) atoms. The quantitative estimate of drug-likeness (QED) is 0.654. The van der Waals surface area contributed by atoms with Crippen molar-refractivity contribution in [2.24, 2.45) is 0 Å². The first-order valence-corrected chi connectivity index (χ1v) is 11.1. The molecule has 1 aromatic carbocycles. The Kier molecular flexibility index (Phi) is 6.81. The zero-order valence-corrected chi connectivity index (χ0v) is 18.4. The topological polar surface area (TPSA) is 58.8 Å². The van der Waals surface area contributed by atoms with E-state index in [0.29, 0.717) is 18.0 Å². The van der Waals surface area contributed by atoms with Crippen LogP contribution in [0.4, 0.5) is 0 Å². The van der Waals surface area contributed by atoms with E-state index in [0.717, 1.165) is 63.5 Å². The number of nitrogens with zero attached hydrogens (tertiary/aromatic N) is 6. The first-order chi connectivity index (χ1) is 14.6. The van der Waals surface area contributed by atoms with Crippen LogP contribution in [0.2, 0.25) is 0 Å². The Bertz CT molecular complexity index is 895. The number of carbonyl (C=O) groups excluding carboxylic acids is 1. The highest BCUT2D eigenvalue weighted by Crippen LogP contribution is 2.16. The molecule has 9 heteroatoms. The Morgan fingerprint density at radius 2 is 1.67 bits per heavy atom. The van der Waals surface area contributed by atoms with E-state index in [1.165, 1.54) is 6.42 Å². The van der Waals surface area contributed by atoms with Crippen molar-refractivity contribution in [3.05, 3.63) is 35.4 Å². The van der Waals surface area contributed by atoms with Crippen LogP contribution in [0.15, 0.2) is 30.6 Å². The lowest BCUT2D eigenvalue weighted by atomic mass is 10.1. The summed E-state index contributed by atoms with van der Waals surface area (Å²) in [5.74, 6) is 1.10. The Morgan fingerprint density at radius 3 is 2.33 bits per heavy atom. The molecular weight excluding hydrogens is 400 g/mol. The van der Waals surface area contributed by atoms with Gasteiger partial charge in [-0.2, -0.15) is 5.10 Å². The third-order valence-electron chi connectivity index (χ3n) is 5.95. The monoisotopic (exact) mass is 430 g/mol. The predicted molar refractivity (Wildman–Crippen MR) is 117 cm³/mol. The van der Waals surface area contributed by atoms with Crippen LogP contribution >= 0.6 is 12.2 Å². The molecule has 2 fully saturated rings. The molecule has 0 unspecified atom stereocenters. The minimum Gasteiger partial charge on any atom is -0.497 e. The van der Waals surface area contributed by atoms with Crippen molar-refractivity contribution in [2.75, 3.05) is 52.9 Å². The van der Waals surface area contributed by atoms with E-state index in [-0.39, 0.29) is 5.91 Å². The summed E-state index contributed by atoms with van der Waals surface area (Å²) in [5.41, 5.74) is 0.966. The van der Waals surface area contributed by atoms with Gasteiger partial charge in [0.1, 0.15) is 12.1 Å². The van der Waals surface area contributed by atoms with Gasteiger partial charge in [-0.1, -0.05) is 0 Å². The maximum absolute atomic E-state index is 12.5. The largest absolute Gasteiger partial charge is 0.497 e. The lowest BCUT2D eigenvalue weighted by Crippen LogP contribution is -2.50. The molecular formula is C21H30N6O2S. The van der Waals surface area contributed by atoms with Crippen LogP contribution in [0.25, 0.3) is 5.69 Å². The molecule has 2 aromatic rings. The molecule has 0 aliphatic carbocycles. The molecule has 1 aromatic heterocycles. The maximum Gasteiger partial charge on any atom is 0.236 e.